The second-order valence-corrected chi connectivity index (χ2v) is 5.30. The Labute approximate surface area is 71.6 Å². The molecular weight excluding hydrogens is 222 g/mol. The third-order valence-electron chi connectivity index (χ3n) is 0. The zero-order valence-electron chi connectivity index (χ0n) is 5.76. The molecule has 0 N–H and O–H groups in total. The van der Waals surface area contributed by atoms with Crippen LogP contribution in [-0.2, 0) is 20.8 Å². The van der Waals surface area contributed by atoms with Crippen molar-refractivity contribution in [2.75, 3.05) is 0 Å². The van der Waals surface area contributed by atoms with Gasteiger partial charge in [0.15, 0.2) is 0 Å². The quantitative estimate of drug-likeness (QED) is 0.563. The van der Waals surface area contributed by atoms with Crippen LogP contribution in [0.1, 0.15) is 20.8 Å². The van der Waals surface area contributed by atoms with Crippen molar-refractivity contribution >= 4 is 17.0 Å². The molecule has 0 amide bonds. The van der Waals surface area contributed by atoms with Crippen molar-refractivity contribution in [3.8, 4) is 0 Å². The van der Waals surface area contributed by atoms with E-state index in [9.17, 15) is 0 Å². The molecule has 0 saturated carbocycles. The summed E-state index contributed by atoms with van der Waals surface area (Å²) in [5.74, 6) is 1.42. The Morgan fingerprint density at radius 1 is 1.12 bits per heavy atom. The van der Waals surface area contributed by atoms with Gasteiger partial charge in [-0.3, -0.25) is 0 Å². The molecule has 0 rings (SSSR count). The van der Waals surface area contributed by atoms with Gasteiger partial charge in [-0.25, -0.2) is 0 Å². The molecule has 3 heteroatoms. The summed E-state index contributed by atoms with van der Waals surface area (Å²) in [7, 11) is 9.87. The summed E-state index contributed by atoms with van der Waals surface area (Å²) < 4.78 is 0. The van der Waals surface area contributed by atoms with Crippen LogP contribution in [0.4, 0.5) is 0 Å². The summed E-state index contributed by atoms with van der Waals surface area (Å²) in [4.78, 5) is 0. The molecule has 0 aromatic heterocycles. The van der Waals surface area contributed by atoms with E-state index >= 15 is 0 Å². The molecule has 0 radical (unpaired) electrons. The average molecular weight is 234 g/mol. The van der Waals surface area contributed by atoms with E-state index in [1.165, 1.54) is 5.92 Å². The fraction of sp³-hybridized carbons (Fsp3) is 0.600. The summed E-state index contributed by atoms with van der Waals surface area (Å²) in [6, 6.07) is 0. The second-order valence-electron chi connectivity index (χ2n) is 1.57. The molecule has 0 aromatic carbocycles. The predicted molar refractivity (Wildman–Crippen MR) is 38.4 cm³/mol. The Morgan fingerprint density at radius 3 is 1.12 bits per heavy atom. The Bertz CT molecular complexity index is 21.6. The van der Waals surface area contributed by atoms with E-state index in [1.54, 1.807) is 0 Å². The van der Waals surface area contributed by atoms with Crippen molar-refractivity contribution in [1.29, 1.82) is 0 Å². The zero-order valence-corrected chi connectivity index (χ0v) is 9.73. The van der Waals surface area contributed by atoms with Gasteiger partial charge in [0, 0.05) is 0 Å². The van der Waals surface area contributed by atoms with E-state index in [1.807, 2.05) is 0 Å². The van der Waals surface area contributed by atoms with Crippen LogP contribution >= 0.6 is 17.0 Å². The van der Waals surface area contributed by atoms with Crippen molar-refractivity contribution in [1.82, 2.24) is 0 Å². The van der Waals surface area contributed by atoms with E-state index < -0.39 is 20.8 Å². The van der Waals surface area contributed by atoms with Crippen molar-refractivity contribution in [2.45, 2.75) is 20.8 Å². The maximum atomic E-state index is 4.93. The molecular formula is C5H12Cl2Zr. The maximum absolute atomic E-state index is 4.93. The van der Waals surface area contributed by atoms with Gasteiger partial charge < -0.3 is 13.3 Å². The number of hydrogen-bond acceptors (Lipinski definition) is 0. The van der Waals surface area contributed by atoms with Crippen LogP contribution in [0, 0.1) is 13.3 Å². The van der Waals surface area contributed by atoms with Crippen molar-refractivity contribution < 1.29 is 20.8 Å². The molecule has 0 heterocycles. The fourth-order valence-electron chi connectivity index (χ4n) is 0. The zero-order chi connectivity index (χ0) is 6.28. The van der Waals surface area contributed by atoms with Crippen LogP contribution in [0.5, 0.6) is 0 Å². The molecule has 0 unspecified atom stereocenters. The van der Waals surface area contributed by atoms with Crippen LogP contribution in [0.25, 0.3) is 0 Å². The topological polar surface area (TPSA) is 0 Å². The molecule has 0 atom stereocenters. The monoisotopic (exact) mass is 232 g/mol. The molecule has 50 valence electrons. The molecule has 0 fully saturated rings. The average Bonchev–Trinajstić information content (AvgIpc) is 1.33. The summed E-state index contributed by atoms with van der Waals surface area (Å²) in [6.45, 7) is 6.25. The fourth-order valence-corrected chi connectivity index (χ4v) is 0. The Kier molecular flexibility index (Phi) is 32.0. The SMILES string of the molecule is C[C-](C)C.[CH3-].[Cl][Zr+2][Cl]. The molecule has 0 spiro atoms. The first kappa shape index (κ1) is 16.2. The second kappa shape index (κ2) is 15.8. The minimum absolute atomic E-state index is 0. The predicted octanol–water partition coefficient (Wildman–Crippen LogP) is 3.45. The number of hydrogen-bond donors (Lipinski definition) is 0. The molecule has 0 bridgehead atoms. The molecule has 0 aliphatic carbocycles. The van der Waals surface area contributed by atoms with Crippen molar-refractivity contribution in [2.24, 2.45) is 0 Å². The van der Waals surface area contributed by atoms with E-state index in [-0.39, 0.29) is 7.43 Å². The van der Waals surface area contributed by atoms with E-state index in [0.29, 0.717) is 0 Å². The Morgan fingerprint density at radius 2 is 1.12 bits per heavy atom. The van der Waals surface area contributed by atoms with Gasteiger partial charge in [0.1, 0.15) is 0 Å². The first-order valence-corrected chi connectivity index (χ1v) is 8.21. The van der Waals surface area contributed by atoms with Crippen molar-refractivity contribution in [3.63, 3.8) is 0 Å². The molecule has 0 saturated heterocycles. The van der Waals surface area contributed by atoms with Gasteiger partial charge in [-0.2, -0.15) is 20.8 Å². The van der Waals surface area contributed by atoms with Crippen LogP contribution in [-0.4, -0.2) is 0 Å². The van der Waals surface area contributed by atoms with E-state index in [2.05, 4.69) is 20.8 Å². The summed E-state index contributed by atoms with van der Waals surface area (Å²) in [6.07, 6.45) is 0. The van der Waals surface area contributed by atoms with Gasteiger partial charge in [-0.1, -0.05) is 0 Å². The summed E-state index contributed by atoms with van der Waals surface area (Å²) in [5, 5.41) is 0. The summed E-state index contributed by atoms with van der Waals surface area (Å²) >= 11 is -0.826. The third kappa shape index (κ3) is 146. The van der Waals surface area contributed by atoms with Gasteiger partial charge >= 0.3 is 37.9 Å². The van der Waals surface area contributed by atoms with E-state index in [4.69, 9.17) is 17.0 Å². The molecule has 0 aromatic rings. The number of rotatable bonds is 0. The first-order chi connectivity index (χ1) is 3.15. The third-order valence-corrected chi connectivity index (χ3v) is 0. The van der Waals surface area contributed by atoms with Crippen LogP contribution < -0.4 is 0 Å². The molecule has 0 nitrogen and oxygen atoms in total. The van der Waals surface area contributed by atoms with Gasteiger partial charge in [-0.05, 0) is 0 Å². The Balaban J connectivity index is -0.0000000575. The molecule has 0 aliphatic heterocycles. The van der Waals surface area contributed by atoms with Gasteiger partial charge in [0.25, 0.3) is 0 Å². The van der Waals surface area contributed by atoms with Crippen molar-refractivity contribution in [3.05, 3.63) is 13.3 Å². The minimum atomic E-state index is -0.826. The summed E-state index contributed by atoms with van der Waals surface area (Å²) in [5.41, 5.74) is 0. The van der Waals surface area contributed by atoms with Crippen LogP contribution in [0.3, 0.4) is 0 Å². The van der Waals surface area contributed by atoms with Crippen LogP contribution in [0.2, 0.25) is 0 Å². The Hall–Kier alpha value is 1.46. The molecule has 0 aliphatic rings. The number of halogens is 2. The van der Waals surface area contributed by atoms with Gasteiger partial charge in [0.05, 0.1) is 0 Å². The van der Waals surface area contributed by atoms with Crippen LogP contribution in [0.15, 0.2) is 0 Å². The molecule has 8 heavy (non-hydrogen) atoms. The standard InChI is InChI=1S/C4H9.CH3.2ClH.Zr/c1-4(2)3;;;;/h1-3H3;1H3;2*1H;/q2*-1;;;+4/p-2. The van der Waals surface area contributed by atoms with Gasteiger partial charge in [-0.15, -0.1) is 0 Å². The first-order valence-electron chi connectivity index (χ1n) is 1.88. The normalized spacial score (nSPS) is 5.75. The van der Waals surface area contributed by atoms with Gasteiger partial charge in [0.2, 0.25) is 0 Å². The van der Waals surface area contributed by atoms with E-state index in [0.717, 1.165) is 0 Å².